The lowest BCUT2D eigenvalue weighted by Crippen LogP contribution is -2.20. The minimum atomic E-state index is -3.48. The average Bonchev–Trinajstić information content (AvgIpc) is 2.94. The third-order valence-electron chi connectivity index (χ3n) is 7.02. The van der Waals surface area contributed by atoms with Gasteiger partial charge in [-0.25, -0.2) is 17.8 Å². The van der Waals surface area contributed by atoms with Gasteiger partial charge in [0, 0.05) is 48.3 Å². The Hall–Kier alpha value is -4.57. The number of fused-ring (bicyclic) bond motifs is 1. The fourth-order valence-electron chi connectivity index (χ4n) is 4.83. The summed E-state index contributed by atoms with van der Waals surface area (Å²) in [5.41, 5.74) is 8.89. The van der Waals surface area contributed by atoms with Crippen LogP contribution in [-0.4, -0.2) is 30.1 Å². The van der Waals surface area contributed by atoms with Crippen molar-refractivity contribution in [2.24, 2.45) is 17.8 Å². The van der Waals surface area contributed by atoms with E-state index in [1.807, 2.05) is 32.0 Å². The smallest absolute Gasteiger partial charge is 0.258 e. The summed E-state index contributed by atoms with van der Waals surface area (Å²) >= 11 is 0. The molecule has 4 aromatic rings. The molecule has 218 valence electrons. The predicted octanol–water partition coefficient (Wildman–Crippen LogP) is 5.78. The molecule has 0 saturated carbocycles. The van der Waals surface area contributed by atoms with Crippen LogP contribution in [0.4, 0.5) is 10.1 Å². The van der Waals surface area contributed by atoms with E-state index >= 15 is 4.39 Å². The van der Waals surface area contributed by atoms with Crippen molar-refractivity contribution in [1.29, 1.82) is 0 Å². The Balaban J connectivity index is 1.89. The Labute approximate surface area is 245 Å². The number of hydrogen-bond donors (Lipinski definition) is 2. The molecule has 2 aromatic carbocycles. The summed E-state index contributed by atoms with van der Waals surface area (Å²) in [5.74, 6) is -0.298. The van der Waals surface area contributed by atoms with E-state index in [1.165, 1.54) is 35.4 Å². The molecule has 3 N–H and O–H groups in total. The van der Waals surface area contributed by atoms with Crippen LogP contribution in [0, 0.1) is 5.82 Å². The van der Waals surface area contributed by atoms with Crippen molar-refractivity contribution in [2.75, 3.05) is 11.6 Å². The van der Waals surface area contributed by atoms with E-state index in [4.69, 9.17) is 5.73 Å². The first-order chi connectivity index (χ1) is 19.8. The fourth-order valence-corrected chi connectivity index (χ4v) is 5.68. The van der Waals surface area contributed by atoms with Gasteiger partial charge in [0.2, 0.25) is 0 Å². The zero-order chi connectivity index (χ0) is 30.8. The van der Waals surface area contributed by atoms with Crippen LogP contribution in [-0.2, 0) is 23.3 Å². The van der Waals surface area contributed by atoms with Gasteiger partial charge in [0.25, 0.3) is 5.56 Å². The fraction of sp³-hybridized carbons (Fsp3) is 0.219. The largest absolute Gasteiger partial charge is 0.387 e. The maximum atomic E-state index is 15.3. The van der Waals surface area contributed by atoms with Gasteiger partial charge in [-0.15, -0.1) is 0 Å². The molecule has 42 heavy (non-hydrogen) atoms. The van der Waals surface area contributed by atoms with Crippen LogP contribution in [0.2, 0.25) is 0 Å². The van der Waals surface area contributed by atoms with Gasteiger partial charge in [0.15, 0.2) is 9.84 Å². The lowest BCUT2D eigenvalue weighted by molar-refractivity contribution is 0.602. The highest BCUT2D eigenvalue weighted by atomic mass is 32.2. The SMILES string of the molecule is C=C/C(=C\N=C(C)N)c1ncc(-c2cc3c([C@@H](C)Nc4ccccc4S(C)(=O)=O)cc(CC)cc3c(=O)n2C)cc1F. The normalized spacial score (nSPS) is 13.3. The minimum Gasteiger partial charge on any atom is -0.387 e. The summed E-state index contributed by atoms with van der Waals surface area (Å²) in [6.07, 6.45) is 6.20. The Morgan fingerprint density at radius 3 is 2.55 bits per heavy atom. The predicted molar refractivity (Wildman–Crippen MR) is 169 cm³/mol. The molecule has 8 nitrogen and oxygen atoms in total. The summed E-state index contributed by atoms with van der Waals surface area (Å²) in [7, 11) is -1.84. The van der Waals surface area contributed by atoms with E-state index in [0.29, 0.717) is 45.5 Å². The molecule has 0 radical (unpaired) electrons. The van der Waals surface area contributed by atoms with Gasteiger partial charge in [-0.05, 0) is 67.1 Å². The van der Waals surface area contributed by atoms with Crippen molar-refractivity contribution in [2.45, 2.75) is 38.1 Å². The number of anilines is 1. The molecule has 4 rings (SSSR count). The van der Waals surface area contributed by atoms with Gasteiger partial charge in [0.1, 0.15) is 11.5 Å². The summed E-state index contributed by atoms with van der Waals surface area (Å²) in [6.45, 7) is 9.24. The molecule has 2 aromatic heterocycles. The van der Waals surface area contributed by atoms with Crippen LogP contribution >= 0.6 is 0 Å². The Bertz CT molecular complexity index is 1920. The molecule has 0 fully saturated rings. The van der Waals surface area contributed by atoms with Crippen molar-refractivity contribution in [3.63, 3.8) is 0 Å². The van der Waals surface area contributed by atoms with Gasteiger partial charge in [0.05, 0.1) is 22.1 Å². The molecular weight excluding hydrogens is 553 g/mol. The number of aromatic nitrogens is 2. The number of nitrogens with one attached hydrogen (secondary N) is 1. The highest BCUT2D eigenvalue weighted by molar-refractivity contribution is 7.90. The number of benzene rings is 2. The molecular formula is C32H34FN5O3S. The summed E-state index contributed by atoms with van der Waals surface area (Å²) < 4.78 is 41.6. The molecule has 0 bridgehead atoms. The van der Waals surface area contributed by atoms with Crippen molar-refractivity contribution in [3.8, 4) is 11.3 Å². The number of nitrogens with zero attached hydrogens (tertiary/aromatic N) is 3. The summed E-state index contributed by atoms with van der Waals surface area (Å²) in [6, 6.07) is 13.4. The Morgan fingerprint density at radius 2 is 1.93 bits per heavy atom. The van der Waals surface area contributed by atoms with Gasteiger partial charge in [-0.3, -0.25) is 9.78 Å². The number of sulfone groups is 1. The minimum absolute atomic E-state index is 0.0557. The van der Waals surface area contributed by atoms with Gasteiger partial charge >= 0.3 is 0 Å². The maximum Gasteiger partial charge on any atom is 0.258 e. The van der Waals surface area contributed by atoms with Gasteiger partial charge in [-0.2, -0.15) is 0 Å². The molecule has 0 aliphatic heterocycles. The quantitative estimate of drug-likeness (QED) is 0.146. The van der Waals surface area contributed by atoms with Gasteiger partial charge < -0.3 is 15.6 Å². The number of aryl methyl sites for hydroxylation is 1. The highest BCUT2D eigenvalue weighted by Gasteiger charge is 2.20. The second-order valence-corrected chi connectivity index (χ2v) is 12.1. The number of pyridine rings is 2. The molecule has 0 unspecified atom stereocenters. The lowest BCUT2D eigenvalue weighted by Gasteiger charge is -2.21. The van der Waals surface area contributed by atoms with Crippen molar-refractivity contribution < 1.29 is 12.8 Å². The number of amidine groups is 1. The van der Waals surface area contributed by atoms with Crippen molar-refractivity contribution >= 4 is 37.7 Å². The molecule has 10 heteroatoms. The third kappa shape index (κ3) is 6.18. The lowest BCUT2D eigenvalue weighted by atomic mass is 9.95. The average molecular weight is 588 g/mol. The van der Waals surface area contributed by atoms with Crippen LogP contribution < -0.4 is 16.6 Å². The first kappa shape index (κ1) is 30.4. The van der Waals surface area contributed by atoms with E-state index in [9.17, 15) is 13.2 Å². The second-order valence-electron chi connectivity index (χ2n) is 10.1. The molecule has 1 atom stereocenters. The van der Waals surface area contributed by atoms with Crippen molar-refractivity contribution in [1.82, 2.24) is 9.55 Å². The van der Waals surface area contributed by atoms with E-state index < -0.39 is 15.7 Å². The van der Waals surface area contributed by atoms with E-state index in [2.05, 4.69) is 21.9 Å². The topological polar surface area (TPSA) is 119 Å². The molecule has 2 heterocycles. The molecule has 0 amide bonds. The third-order valence-corrected chi connectivity index (χ3v) is 8.18. The second kappa shape index (κ2) is 12.1. The zero-order valence-electron chi connectivity index (χ0n) is 24.3. The molecule has 0 spiro atoms. The number of hydrogen-bond acceptors (Lipinski definition) is 6. The van der Waals surface area contributed by atoms with Crippen LogP contribution in [0.25, 0.3) is 27.6 Å². The van der Waals surface area contributed by atoms with Gasteiger partial charge in [-0.1, -0.05) is 37.8 Å². The standard InChI is InChI=1S/C32H34FN5O3S/c1-7-21-13-24(19(3)37-28-11-9-10-12-30(28)42(6,40)41)25-16-29(38(5)32(39)26(25)14-21)23-15-27(33)31(36-18-23)22(8-2)17-35-20(4)34/h8-19,37H,2,7H2,1,3-6H3,(H2,34,35)/b22-17+/t19-/m1/s1. The van der Waals surface area contributed by atoms with Crippen LogP contribution in [0.5, 0.6) is 0 Å². The maximum absolute atomic E-state index is 15.3. The summed E-state index contributed by atoms with van der Waals surface area (Å²) in [5, 5.41) is 4.51. The highest BCUT2D eigenvalue weighted by Crippen LogP contribution is 2.33. The Kier molecular flexibility index (Phi) is 8.77. The first-order valence-corrected chi connectivity index (χ1v) is 15.3. The Morgan fingerprint density at radius 1 is 1.21 bits per heavy atom. The molecule has 0 aliphatic rings. The number of para-hydroxylation sites is 1. The number of nitrogens with two attached hydrogens (primary N) is 1. The molecule has 0 aliphatic carbocycles. The van der Waals surface area contributed by atoms with E-state index in [-0.39, 0.29) is 22.2 Å². The van der Waals surface area contributed by atoms with Crippen LogP contribution in [0.3, 0.4) is 0 Å². The number of halogens is 1. The van der Waals surface area contributed by atoms with Crippen molar-refractivity contribution in [3.05, 3.63) is 107 Å². The number of aliphatic imine (C=N–C) groups is 1. The molecule has 0 saturated heterocycles. The monoisotopic (exact) mass is 587 g/mol. The summed E-state index contributed by atoms with van der Waals surface area (Å²) in [4.78, 5) is 22.2. The number of rotatable bonds is 9. The van der Waals surface area contributed by atoms with Crippen LogP contribution in [0.1, 0.15) is 43.6 Å². The van der Waals surface area contributed by atoms with E-state index in [1.54, 1.807) is 38.2 Å². The first-order valence-electron chi connectivity index (χ1n) is 13.4. The van der Waals surface area contributed by atoms with E-state index in [0.717, 1.165) is 11.1 Å². The zero-order valence-corrected chi connectivity index (χ0v) is 25.1. The van der Waals surface area contributed by atoms with Crippen LogP contribution in [0.15, 0.2) is 88.3 Å². The number of allylic oxidation sites excluding steroid dienone is 2.